The monoisotopic (exact) mass is 347 g/mol. The van der Waals surface area contributed by atoms with Crippen molar-refractivity contribution >= 4 is 21.8 Å². The van der Waals surface area contributed by atoms with E-state index in [1.54, 1.807) is 0 Å². The highest BCUT2D eigenvalue weighted by Crippen LogP contribution is 2.26. The van der Waals surface area contributed by atoms with Crippen molar-refractivity contribution in [2.24, 2.45) is 5.84 Å². The smallest absolute Gasteiger partial charge is 0.287 e. The standard InChI is InChI=1S/C11H8BrF2N3O3/c12-5-1-7(13)10(14)9(2-5)19-4-6-3-8(17-20-6)11(18)16-15/h1-3H,4,15H2,(H,16,18). The molecule has 0 atom stereocenters. The number of nitrogen functional groups attached to an aromatic ring is 1. The summed E-state index contributed by atoms with van der Waals surface area (Å²) in [7, 11) is 0. The van der Waals surface area contributed by atoms with Crippen LogP contribution in [0.3, 0.4) is 0 Å². The summed E-state index contributed by atoms with van der Waals surface area (Å²) in [6.07, 6.45) is 0. The highest BCUT2D eigenvalue weighted by atomic mass is 79.9. The van der Waals surface area contributed by atoms with Crippen LogP contribution in [0.25, 0.3) is 0 Å². The van der Waals surface area contributed by atoms with Gasteiger partial charge in [-0.25, -0.2) is 10.2 Å². The minimum Gasteiger partial charge on any atom is -0.482 e. The molecule has 0 aliphatic heterocycles. The second-order valence-corrected chi connectivity index (χ2v) is 4.56. The second kappa shape index (κ2) is 5.97. The maximum Gasteiger partial charge on any atom is 0.287 e. The minimum atomic E-state index is -1.12. The van der Waals surface area contributed by atoms with Crippen LogP contribution in [0.2, 0.25) is 0 Å². The number of carbonyl (C=O) groups excluding carboxylic acids is 1. The van der Waals surface area contributed by atoms with Crippen molar-refractivity contribution < 1.29 is 22.8 Å². The Hall–Kier alpha value is -2.00. The lowest BCUT2D eigenvalue weighted by atomic mass is 10.3. The van der Waals surface area contributed by atoms with Crippen molar-refractivity contribution in [3.05, 3.63) is 45.8 Å². The topological polar surface area (TPSA) is 90.4 Å². The largest absolute Gasteiger partial charge is 0.482 e. The van der Waals surface area contributed by atoms with Crippen LogP contribution in [-0.2, 0) is 6.61 Å². The Morgan fingerprint density at radius 3 is 2.90 bits per heavy atom. The van der Waals surface area contributed by atoms with Gasteiger partial charge in [0.05, 0.1) is 0 Å². The molecule has 2 rings (SSSR count). The van der Waals surface area contributed by atoms with E-state index in [4.69, 9.17) is 15.1 Å². The van der Waals surface area contributed by atoms with Crippen LogP contribution in [-0.4, -0.2) is 11.1 Å². The summed E-state index contributed by atoms with van der Waals surface area (Å²) >= 11 is 3.02. The molecule has 20 heavy (non-hydrogen) atoms. The predicted molar refractivity (Wildman–Crippen MR) is 66.5 cm³/mol. The fourth-order valence-corrected chi connectivity index (χ4v) is 1.76. The number of nitrogens with two attached hydrogens (primary N) is 1. The van der Waals surface area contributed by atoms with Crippen LogP contribution in [0, 0.1) is 11.6 Å². The van der Waals surface area contributed by atoms with Crippen LogP contribution < -0.4 is 16.0 Å². The Kier molecular flexibility index (Phi) is 4.30. The van der Waals surface area contributed by atoms with Crippen LogP contribution >= 0.6 is 15.9 Å². The summed E-state index contributed by atoms with van der Waals surface area (Å²) in [5, 5.41) is 3.43. The van der Waals surface area contributed by atoms with Crippen molar-refractivity contribution in [2.45, 2.75) is 6.61 Å². The number of ether oxygens (including phenoxy) is 1. The number of rotatable bonds is 4. The number of carbonyl (C=O) groups is 1. The van der Waals surface area contributed by atoms with E-state index in [2.05, 4.69) is 21.1 Å². The van der Waals surface area contributed by atoms with Gasteiger partial charge in [0.2, 0.25) is 5.82 Å². The van der Waals surface area contributed by atoms with Crippen molar-refractivity contribution in [1.82, 2.24) is 10.6 Å². The van der Waals surface area contributed by atoms with E-state index in [-0.39, 0.29) is 23.8 Å². The lowest BCUT2D eigenvalue weighted by Crippen LogP contribution is -2.30. The van der Waals surface area contributed by atoms with E-state index < -0.39 is 17.5 Å². The number of amides is 1. The number of nitrogens with one attached hydrogen (secondary N) is 1. The Labute approximate surface area is 120 Å². The zero-order valence-electron chi connectivity index (χ0n) is 9.82. The summed E-state index contributed by atoms with van der Waals surface area (Å²) in [6.45, 7) is -0.225. The number of hydrazine groups is 1. The molecule has 9 heteroatoms. The van der Waals surface area contributed by atoms with E-state index >= 15 is 0 Å². The lowest BCUT2D eigenvalue weighted by Gasteiger charge is -2.06. The number of benzene rings is 1. The van der Waals surface area contributed by atoms with Gasteiger partial charge in [0.15, 0.2) is 23.0 Å². The van der Waals surface area contributed by atoms with Crippen LogP contribution in [0.4, 0.5) is 8.78 Å². The van der Waals surface area contributed by atoms with Gasteiger partial charge in [0.1, 0.15) is 6.61 Å². The third kappa shape index (κ3) is 3.11. The van der Waals surface area contributed by atoms with Gasteiger partial charge in [-0.2, -0.15) is 4.39 Å². The Morgan fingerprint density at radius 2 is 2.20 bits per heavy atom. The van der Waals surface area contributed by atoms with Gasteiger partial charge in [0.25, 0.3) is 5.91 Å². The molecular formula is C11H8BrF2N3O3. The number of hydrogen-bond donors (Lipinski definition) is 2. The normalized spacial score (nSPS) is 10.4. The molecular weight excluding hydrogens is 340 g/mol. The Morgan fingerprint density at radius 1 is 1.45 bits per heavy atom. The van der Waals surface area contributed by atoms with Gasteiger partial charge in [-0.05, 0) is 12.1 Å². The quantitative estimate of drug-likeness (QED) is 0.381. The summed E-state index contributed by atoms with van der Waals surface area (Å²) in [4.78, 5) is 11.1. The first kappa shape index (κ1) is 14.4. The third-order valence-electron chi connectivity index (χ3n) is 2.25. The zero-order valence-corrected chi connectivity index (χ0v) is 11.4. The number of hydrogen-bond acceptors (Lipinski definition) is 5. The molecule has 0 aliphatic rings. The lowest BCUT2D eigenvalue weighted by molar-refractivity contribution is 0.0944. The van der Waals surface area contributed by atoms with Crippen molar-refractivity contribution in [3.8, 4) is 5.75 Å². The highest BCUT2D eigenvalue weighted by molar-refractivity contribution is 9.10. The molecule has 106 valence electrons. The van der Waals surface area contributed by atoms with Gasteiger partial charge in [-0.15, -0.1) is 0 Å². The summed E-state index contributed by atoms with van der Waals surface area (Å²) in [5.74, 6) is 1.98. The number of halogens is 3. The second-order valence-electron chi connectivity index (χ2n) is 3.64. The zero-order chi connectivity index (χ0) is 14.7. The van der Waals surface area contributed by atoms with Crippen molar-refractivity contribution in [1.29, 1.82) is 0 Å². The molecule has 0 unspecified atom stereocenters. The Balaban J connectivity index is 2.09. The molecule has 0 spiro atoms. The molecule has 0 aliphatic carbocycles. The van der Waals surface area contributed by atoms with Crippen LogP contribution in [0.1, 0.15) is 16.2 Å². The molecule has 6 nitrogen and oxygen atoms in total. The summed E-state index contributed by atoms with van der Waals surface area (Å²) in [5.41, 5.74) is 1.83. The molecule has 0 fully saturated rings. The van der Waals surface area contributed by atoms with Crippen molar-refractivity contribution in [3.63, 3.8) is 0 Å². The predicted octanol–water partition coefficient (Wildman–Crippen LogP) is 1.90. The maximum absolute atomic E-state index is 13.4. The highest BCUT2D eigenvalue weighted by Gasteiger charge is 2.14. The maximum atomic E-state index is 13.4. The van der Waals surface area contributed by atoms with E-state index in [0.29, 0.717) is 4.47 Å². The van der Waals surface area contributed by atoms with Gasteiger partial charge < -0.3 is 9.26 Å². The molecule has 1 aromatic carbocycles. The number of nitrogens with zero attached hydrogens (tertiary/aromatic N) is 1. The average molecular weight is 348 g/mol. The van der Waals surface area contributed by atoms with E-state index in [1.165, 1.54) is 12.1 Å². The summed E-state index contributed by atoms with van der Waals surface area (Å²) < 4.78 is 36.7. The Bertz CT molecular complexity index is 648. The van der Waals surface area contributed by atoms with Gasteiger partial charge >= 0.3 is 0 Å². The first-order valence-electron chi connectivity index (χ1n) is 5.25. The first-order valence-corrected chi connectivity index (χ1v) is 6.04. The summed E-state index contributed by atoms with van der Waals surface area (Å²) in [6, 6.07) is 3.51. The van der Waals surface area contributed by atoms with Crippen LogP contribution in [0.5, 0.6) is 5.75 Å². The van der Waals surface area contributed by atoms with E-state index in [1.807, 2.05) is 5.43 Å². The average Bonchev–Trinajstić information content (AvgIpc) is 2.89. The SMILES string of the molecule is NNC(=O)c1cc(COc2cc(Br)cc(F)c2F)on1. The minimum absolute atomic E-state index is 0.0491. The van der Waals surface area contributed by atoms with E-state index in [9.17, 15) is 13.6 Å². The van der Waals surface area contributed by atoms with Gasteiger partial charge in [-0.1, -0.05) is 21.1 Å². The fraction of sp³-hybridized carbons (Fsp3) is 0.0909. The molecule has 0 saturated heterocycles. The van der Waals surface area contributed by atoms with Crippen molar-refractivity contribution in [2.75, 3.05) is 0 Å². The molecule has 0 bridgehead atoms. The fourth-order valence-electron chi connectivity index (χ4n) is 1.35. The van der Waals surface area contributed by atoms with E-state index in [0.717, 1.165) is 6.07 Å². The van der Waals surface area contributed by atoms with Crippen LogP contribution in [0.15, 0.2) is 27.2 Å². The molecule has 3 N–H and O–H groups in total. The molecule has 2 aromatic rings. The molecule has 1 aromatic heterocycles. The van der Waals surface area contributed by atoms with Gasteiger partial charge in [0, 0.05) is 10.5 Å². The third-order valence-corrected chi connectivity index (χ3v) is 2.71. The molecule has 1 heterocycles. The van der Waals surface area contributed by atoms with Gasteiger partial charge in [-0.3, -0.25) is 10.2 Å². The first-order chi connectivity index (χ1) is 9.51. The molecule has 1 amide bonds. The number of aromatic nitrogens is 1. The molecule has 0 radical (unpaired) electrons. The molecule has 0 saturated carbocycles.